The van der Waals surface area contributed by atoms with Crippen LogP contribution < -0.4 is 5.32 Å². The molecule has 0 radical (unpaired) electrons. The molecule has 0 aliphatic carbocycles. The lowest BCUT2D eigenvalue weighted by molar-refractivity contribution is -0.118. The molecule has 0 bridgehead atoms. The molecule has 11 nitrogen and oxygen atoms in total. The van der Waals surface area contributed by atoms with Crippen molar-refractivity contribution in [2.75, 3.05) is 12.4 Å². The fourth-order valence-electron chi connectivity index (χ4n) is 2.59. The molecule has 0 fully saturated rings. The highest BCUT2D eigenvalue weighted by Gasteiger charge is 2.35. The van der Waals surface area contributed by atoms with Crippen LogP contribution in [0.1, 0.15) is 21.9 Å². The molecular formula is C15H14N8O3. The number of carbonyl (C=O) groups excluding carboxylic acids is 2. The van der Waals surface area contributed by atoms with Gasteiger partial charge < -0.3 is 9.84 Å². The van der Waals surface area contributed by atoms with Crippen LogP contribution in [0.2, 0.25) is 0 Å². The van der Waals surface area contributed by atoms with E-state index in [9.17, 15) is 9.59 Å². The van der Waals surface area contributed by atoms with Gasteiger partial charge in [-0.3, -0.25) is 14.6 Å². The zero-order chi connectivity index (χ0) is 18.4. The number of nitrogens with one attached hydrogen (secondary N) is 1. The predicted molar refractivity (Wildman–Crippen MR) is 91.2 cm³/mol. The molecule has 132 valence electrons. The average Bonchev–Trinajstić information content (AvgIpc) is 3.28. The third kappa shape index (κ3) is 2.59. The third-order valence-corrected chi connectivity index (χ3v) is 3.81. The first-order valence-electron chi connectivity index (χ1n) is 7.73. The molecule has 1 atom stereocenters. The molecule has 2 aliphatic rings. The first-order chi connectivity index (χ1) is 12.4. The minimum Gasteiger partial charge on any atom is -0.361 e. The van der Waals surface area contributed by atoms with Gasteiger partial charge in [-0.15, -0.1) is 0 Å². The molecule has 2 aromatic rings. The van der Waals surface area contributed by atoms with Crippen molar-refractivity contribution >= 4 is 35.6 Å². The van der Waals surface area contributed by atoms with E-state index in [1.54, 1.807) is 27.0 Å². The molecule has 2 amide bonds. The Morgan fingerprint density at radius 1 is 1.27 bits per heavy atom. The largest absolute Gasteiger partial charge is 0.361 e. The van der Waals surface area contributed by atoms with Gasteiger partial charge in [0.1, 0.15) is 23.3 Å². The van der Waals surface area contributed by atoms with E-state index in [0.717, 1.165) is 0 Å². The Kier molecular flexibility index (Phi) is 3.49. The Morgan fingerprint density at radius 2 is 2.08 bits per heavy atom. The van der Waals surface area contributed by atoms with E-state index < -0.39 is 17.7 Å². The number of aliphatic imine (C=N–C) groups is 2. The van der Waals surface area contributed by atoms with Crippen molar-refractivity contribution in [1.82, 2.24) is 19.9 Å². The lowest BCUT2D eigenvalue weighted by Gasteiger charge is -2.17. The number of amides is 2. The van der Waals surface area contributed by atoms with Gasteiger partial charge in [-0.05, 0) is 13.8 Å². The van der Waals surface area contributed by atoms with Crippen molar-refractivity contribution in [2.45, 2.75) is 13.8 Å². The maximum atomic E-state index is 12.3. The summed E-state index contributed by atoms with van der Waals surface area (Å²) in [5.41, 5.74) is 0.745. The van der Waals surface area contributed by atoms with Crippen LogP contribution in [0.25, 0.3) is 0 Å². The Balaban J connectivity index is 1.67. The normalized spacial score (nSPS) is 18.7. The van der Waals surface area contributed by atoms with Crippen molar-refractivity contribution in [3.05, 3.63) is 29.3 Å². The Labute approximate surface area is 147 Å². The number of hydrogen-bond acceptors (Lipinski definition) is 8. The summed E-state index contributed by atoms with van der Waals surface area (Å²) in [7, 11) is 1.69. The Bertz CT molecular complexity index is 1010. The fourth-order valence-corrected chi connectivity index (χ4v) is 2.59. The van der Waals surface area contributed by atoms with Crippen molar-refractivity contribution in [3.8, 4) is 0 Å². The Hall–Kier alpha value is -3.63. The second kappa shape index (κ2) is 5.72. The second-order valence-electron chi connectivity index (χ2n) is 5.85. The maximum absolute atomic E-state index is 12.3. The molecule has 1 N–H and O–H groups in total. The minimum absolute atomic E-state index is 0.0540. The molecule has 26 heavy (non-hydrogen) atoms. The topological polar surface area (TPSA) is 130 Å². The van der Waals surface area contributed by atoms with Crippen LogP contribution in [0.3, 0.4) is 0 Å². The van der Waals surface area contributed by atoms with E-state index in [1.165, 1.54) is 22.0 Å². The molecular weight excluding hydrogens is 340 g/mol. The number of rotatable bonds is 2. The van der Waals surface area contributed by atoms with E-state index in [1.807, 2.05) is 0 Å². The van der Waals surface area contributed by atoms with Crippen LogP contribution in [-0.2, 0) is 4.79 Å². The highest BCUT2D eigenvalue weighted by Crippen LogP contribution is 2.19. The monoisotopic (exact) mass is 354 g/mol. The maximum Gasteiger partial charge on any atom is 0.279 e. The van der Waals surface area contributed by atoms with E-state index >= 15 is 0 Å². The lowest BCUT2D eigenvalue weighted by Crippen LogP contribution is -2.35. The first-order valence-corrected chi connectivity index (χ1v) is 7.73. The molecule has 0 aromatic carbocycles. The van der Waals surface area contributed by atoms with Gasteiger partial charge in [0.05, 0.1) is 5.69 Å². The molecule has 4 rings (SSSR count). The smallest absolute Gasteiger partial charge is 0.279 e. The highest BCUT2D eigenvalue weighted by atomic mass is 16.5. The summed E-state index contributed by atoms with van der Waals surface area (Å²) in [6, 6.07) is 3.15. The molecule has 0 saturated heterocycles. The summed E-state index contributed by atoms with van der Waals surface area (Å²) in [6.45, 7) is 3.44. The van der Waals surface area contributed by atoms with Crippen LogP contribution >= 0.6 is 0 Å². The van der Waals surface area contributed by atoms with Gasteiger partial charge in [0.2, 0.25) is 0 Å². The number of aromatic nitrogens is 3. The van der Waals surface area contributed by atoms with E-state index in [-0.39, 0.29) is 11.7 Å². The first kappa shape index (κ1) is 15.9. The van der Waals surface area contributed by atoms with Crippen molar-refractivity contribution < 1.29 is 14.1 Å². The fraction of sp³-hybridized carbons (Fsp3) is 0.267. The van der Waals surface area contributed by atoms with Crippen LogP contribution in [-0.4, -0.2) is 56.8 Å². The number of nitrogens with zero attached hydrogens (tertiary/aromatic N) is 7. The van der Waals surface area contributed by atoms with Crippen molar-refractivity contribution in [3.63, 3.8) is 0 Å². The van der Waals surface area contributed by atoms with Gasteiger partial charge in [0.15, 0.2) is 5.69 Å². The standard InChI is InChI=1S/C15H14N8O3/c1-7-4-11(17-14(25)10-5-8(2)26-21-10)23(20-7)15-18-12-9(13(24)19-15)6-16-22(12)3/h4-6,9H,1-3H3,(H,17,25). The van der Waals surface area contributed by atoms with Crippen LogP contribution in [0.15, 0.2) is 31.7 Å². The second-order valence-corrected chi connectivity index (χ2v) is 5.85. The number of aryl methyl sites for hydroxylation is 2. The lowest BCUT2D eigenvalue weighted by atomic mass is 10.1. The number of anilines is 1. The van der Waals surface area contributed by atoms with E-state index in [2.05, 4.69) is 30.7 Å². The molecule has 2 aliphatic heterocycles. The molecule has 0 spiro atoms. The summed E-state index contributed by atoms with van der Waals surface area (Å²) in [5, 5.41) is 16.2. The molecule has 4 heterocycles. The van der Waals surface area contributed by atoms with Crippen LogP contribution in [0, 0.1) is 19.8 Å². The van der Waals surface area contributed by atoms with Gasteiger partial charge in [-0.25, -0.2) is 0 Å². The van der Waals surface area contributed by atoms with E-state index in [0.29, 0.717) is 23.1 Å². The third-order valence-electron chi connectivity index (χ3n) is 3.81. The quantitative estimate of drug-likeness (QED) is 0.832. The molecule has 0 saturated carbocycles. The summed E-state index contributed by atoms with van der Waals surface area (Å²) in [4.78, 5) is 32.9. The minimum atomic E-state index is -0.587. The highest BCUT2D eigenvalue weighted by molar-refractivity contribution is 6.24. The molecule has 1 unspecified atom stereocenters. The number of amidine groups is 1. The van der Waals surface area contributed by atoms with Gasteiger partial charge in [0.25, 0.3) is 17.8 Å². The van der Waals surface area contributed by atoms with Gasteiger partial charge in [-0.1, -0.05) is 5.16 Å². The van der Waals surface area contributed by atoms with Gasteiger partial charge >= 0.3 is 0 Å². The zero-order valence-corrected chi connectivity index (χ0v) is 14.2. The van der Waals surface area contributed by atoms with Gasteiger partial charge in [0, 0.05) is 25.4 Å². The summed E-state index contributed by atoms with van der Waals surface area (Å²) in [6.07, 6.45) is 1.49. The number of hydrazone groups is 1. The van der Waals surface area contributed by atoms with Crippen molar-refractivity contribution in [2.24, 2.45) is 21.0 Å². The number of fused-ring (bicyclic) bond motifs is 1. The van der Waals surface area contributed by atoms with E-state index in [4.69, 9.17) is 4.52 Å². The molecule has 11 heteroatoms. The number of carbonyl (C=O) groups is 2. The predicted octanol–water partition coefficient (Wildman–Crippen LogP) is 0.430. The van der Waals surface area contributed by atoms with Crippen LogP contribution in [0.5, 0.6) is 0 Å². The van der Waals surface area contributed by atoms with Crippen molar-refractivity contribution in [1.29, 1.82) is 0 Å². The summed E-state index contributed by atoms with van der Waals surface area (Å²) < 4.78 is 6.20. The SMILES string of the molecule is Cc1cc(NC(=O)c2cc(C)on2)n(C2=NC(=O)C3C=NN(C)C3=N2)n1. The summed E-state index contributed by atoms with van der Waals surface area (Å²) >= 11 is 0. The number of hydrogen-bond donors (Lipinski definition) is 1. The summed E-state index contributed by atoms with van der Waals surface area (Å²) in [5.74, 6) is -0.117. The molecule has 2 aromatic heterocycles. The van der Waals surface area contributed by atoms with Gasteiger partial charge in [-0.2, -0.15) is 24.9 Å². The zero-order valence-electron chi connectivity index (χ0n) is 14.2. The Morgan fingerprint density at radius 3 is 2.81 bits per heavy atom. The average molecular weight is 354 g/mol. The van der Waals surface area contributed by atoms with Crippen LogP contribution in [0.4, 0.5) is 5.82 Å².